The molecule has 0 heterocycles. The summed E-state index contributed by atoms with van der Waals surface area (Å²) in [5.41, 5.74) is -1.55. The van der Waals surface area contributed by atoms with E-state index in [1.165, 1.54) is 7.11 Å². The number of ether oxygens (including phenoxy) is 1. The number of carbonyl (C=O) groups excluding carboxylic acids is 1. The minimum absolute atomic E-state index is 0.297. The molecule has 0 aliphatic rings. The van der Waals surface area contributed by atoms with Crippen LogP contribution in [0.15, 0.2) is 60.7 Å². The highest BCUT2D eigenvalue weighted by atomic mass is 31.2. The molecule has 2 aromatic carbocycles. The highest BCUT2D eigenvalue weighted by Gasteiger charge is 2.58. The molecule has 2 aromatic rings. The van der Waals surface area contributed by atoms with Crippen LogP contribution in [0.4, 0.5) is 0 Å². The van der Waals surface area contributed by atoms with Crippen LogP contribution in [0, 0.1) is 5.41 Å². The summed E-state index contributed by atoms with van der Waals surface area (Å²) in [6, 6.07) is 17.7. The molecular formula is C21H27O5P. The normalized spacial score (nSPS) is 14.6. The number of Topliss-reactive ketones (excluding diaryl/α,β-unsaturated/α-hetero) is 1. The molecule has 0 saturated heterocycles. The summed E-state index contributed by atoms with van der Waals surface area (Å²) in [6.07, 6.45) is 0.306. The predicted molar refractivity (Wildman–Crippen MR) is 106 cm³/mol. The van der Waals surface area contributed by atoms with Gasteiger partial charge < -0.3 is 14.5 Å². The number of hydrogen-bond acceptors (Lipinski definition) is 3. The minimum atomic E-state index is -4.41. The number of carbonyl (C=O) groups is 1. The molecule has 0 bridgehead atoms. The van der Waals surface area contributed by atoms with Crippen molar-refractivity contribution < 1.29 is 23.9 Å². The van der Waals surface area contributed by atoms with Crippen molar-refractivity contribution in [3.05, 3.63) is 71.8 Å². The molecule has 0 spiro atoms. The Hall–Kier alpha value is -1.78. The molecule has 0 radical (unpaired) electrons. The third kappa shape index (κ3) is 4.07. The van der Waals surface area contributed by atoms with Gasteiger partial charge in [-0.1, -0.05) is 74.5 Å². The molecular weight excluding hydrogens is 363 g/mol. The average molecular weight is 390 g/mol. The van der Waals surface area contributed by atoms with E-state index >= 15 is 0 Å². The van der Waals surface area contributed by atoms with Gasteiger partial charge in [0.2, 0.25) is 0 Å². The quantitative estimate of drug-likeness (QED) is 0.490. The molecule has 27 heavy (non-hydrogen) atoms. The van der Waals surface area contributed by atoms with E-state index in [1.54, 1.807) is 48.5 Å². The number of methoxy groups -OCH3 is 1. The van der Waals surface area contributed by atoms with Crippen LogP contribution in [0.3, 0.4) is 0 Å². The van der Waals surface area contributed by atoms with Crippen LogP contribution >= 0.6 is 7.60 Å². The van der Waals surface area contributed by atoms with Crippen molar-refractivity contribution in [2.45, 2.75) is 32.3 Å². The molecule has 2 rings (SSSR count). The Morgan fingerprint density at radius 2 is 1.44 bits per heavy atom. The lowest BCUT2D eigenvalue weighted by Crippen LogP contribution is -2.54. The summed E-state index contributed by atoms with van der Waals surface area (Å²) in [7, 11) is -2.98. The van der Waals surface area contributed by atoms with Gasteiger partial charge in [0.15, 0.2) is 11.4 Å². The van der Waals surface area contributed by atoms with Crippen molar-refractivity contribution >= 4 is 13.4 Å². The van der Waals surface area contributed by atoms with E-state index in [2.05, 4.69) is 0 Å². The van der Waals surface area contributed by atoms with Crippen LogP contribution in [0.5, 0.6) is 0 Å². The number of hydrogen-bond donors (Lipinski definition) is 2. The second-order valence-corrected chi connectivity index (χ2v) is 8.40. The maximum absolute atomic E-state index is 13.8. The average Bonchev–Trinajstić information content (AvgIpc) is 2.68. The van der Waals surface area contributed by atoms with E-state index < -0.39 is 24.8 Å². The van der Waals surface area contributed by atoms with E-state index in [0.29, 0.717) is 24.0 Å². The van der Waals surface area contributed by atoms with Gasteiger partial charge in [0.1, 0.15) is 0 Å². The van der Waals surface area contributed by atoms with Crippen molar-refractivity contribution in [2.24, 2.45) is 5.41 Å². The highest BCUT2D eigenvalue weighted by molar-refractivity contribution is 7.51. The van der Waals surface area contributed by atoms with Crippen molar-refractivity contribution in [3.63, 3.8) is 0 Å². The van der Waals surface area contributed by atoms with Gasteiger partial charge >= 0.3 is 7.60 Å². The van der Waals surface area contributed by atoms with Crippen LogP contribution in [0.1, 0.15) is 42.6 Å². The van der Waals surface area contributed by atoms with Gasteiger partial charge in [0, 0.05) is 18.1 Å². The van der Waals surface area contributed by atoms with Crippen molar-refractivity contribution in [1.82, 2.24) is 0 Å². The van der Waals surface area contributed by atoms with Crippen molar-refractivity contribution in [1.29, 1.82) is 0 Å². The van der Waals surface area contributed by atoms with Gasteiger partial charge in [-0.15, -0.1) is 0 Å². The van der Waals surface area contributed by atoms with Gasteiger partial charge in [0.25, 0.3) is 0 Å². The summed E-state index contributed by atoms with van der Waals surface area (Å²) in [5, 5.41) is 0. The predicted octanol–water partition coefficient (Wildman–Crippen LogP) is 4.40. The fourth-order valence-electron chi connectivity index (χ4n) is 4.05. The van der Waals surface area contributed by atoms with E-state index in [1.807, 2.05) is 26.0 Å². The lowest BCUT2D eigenvalue weighted by Gasteiger charge is -2.48. The van der Waals surface area contributed by atoms with Gasteiger partial charge in [-0.05, 0) is 18.4 Å². The van der Waals surface area contributed by atoms with Gasteiger partial charge in [-0.25, -0.2) is 0 Å². The second-order valence-electron chi connectivity index (χ2n) is 6.76. The molecule has 0 saturated carbocycles. The Kier molecular flexibility index (Phi) is 6.77. The Labute approximate surface area is 160 Å². The van der Waals surface area contributed by atoms with Gasteiger partial charge in [0.05, 0.1) is 6.16 Å². The fraction of sp³-hybridized carbons (Fsp3) is 0.381. The lowest BCUT2D eigenvalue weighted by molar-refractivity contribution is -0.0864. The van der Waals surface area contributed by atoms with Crippen LogP contribution in [0.2, 0.25) is 0 Å². The highest BCUT2D eigenvalue weighted by Crippen LogP contribution is 2.56. The number of ketones is 1. The first-order valence-corrected chi connectivity index (χ1v) is 10.8. The third-order valence-corrected chi connectivity index (χ3v) is 6.47. The van der Waals surface area contributed by atoms with E-state index in [4.69, 9.17) is 4.74 Å². The van der Waals surface area contributed by atoms with Crippen LogP contribution < -0.4 is 0 Å². The topological polar surface area (TPSA) is 83.8 Å². The Balaban J connectivity index is 2.82. The van der Waals surface area contributed by atoms with E-state index in [0.717, 1.165) is 0 Å². The van der Waals surface area contributed by atoms with Gasteiger partial charge in [-0.3, -0.25) is 9.36 Å². The Morgan fingerprint density at radius 1 is 0.963 bits per heavy atom. The minimum Gasteiger partial charge on any atom is -0.365 e. The van der Waals surface area contributed by atoms with E-state index in [9.17, 15) is 19.1 Å². The molecule has 5 nitrogen and oxygen atoms in total. The molecule has 146 valence electrons. The first-order valence-electron chi connectivity index (χ1n) is 9.01. The molecule has 6 heteroatoms. The summed E-state index contributed by atoms with van der Waals surface area (Å²) in [5.74, 6) is -0.297. The summed E-state index contributed by atoms with van der Waals surface area (Å²) >= 11 is 0. The number of rotatable bonds is 9. The molecule has 2 N–H and O–H groups in total. The smallest absolute Gasteiger partial charge is 0.326 e. The summed E-state index contributed by atoms with van der Waals surface area (Å²) in [6.45, 7) is 3.68. The SMILES string of the molecule is CCC(CC)(CP(=O)(O)O)C(OC)(C(=O)c1ccccc1)c1ccccc1. The first kappa shape index (κ1) is 21.5. The second kappa shape index (κ2) is 8.49. The van der Waals surface area contributed by atoms with Crippen molar-refractivity contribution in [3.8, 4) is 0 Å². The largest absolute Gasteiger partial charge is 0.365 e. The zero-order chi connectivity index (χ0) is 20.1. The third-order valence-electron chi connectivity index (χ3n) is 5.45. The maximum atomic E-state index is 13.8. The van der Waals surface area contributed by atoms with Crippen LogP contribution in [-0.4, -0.2) is 28.8 Å². The monoisotopic (exact) mass is 390 g/mol. The summed E-state index contributed by atoms with van der Waals surface area (Å²) in [4.78, 5) is 33.4. The Bertz CT molecular complexity index is 796. The van der Waals surface area contributed by atoms with E-state index in [-0.39, 0.29) is 5.78 Å². The zero-order valence-electron chi connectivity index (χ0n) is 16.0. The Morgan fingerprint density at radius 3 is 1.85 bits per heavy atom. The summed E-state index contributed by atoms with van der Waals surface area (Å²) < 4.78 is 18.0. The molecule has 1 unspecified atom stereocenters. The zero-order valence-corrected chi connectivity index (χ0v) is 16.9. The van der Waals surface area contributed by atoms with Gasteiger partial charge in [-0.2, -0.15) is 0 Å². The first-order chi connectivity index (χ1) is 12.8. The lowest BCUT2D eigenvalue weighted by atomic mass is 9.63. The fourth-order valence-corrected chi connectivity index (χ4v) is 5.51. The molecule has 1 atom stereocenters. The molecule has 0 fully saturated rings. The molecule has 0 amide bonds. The standard InChI is InChI=1S/C21H27O5P/c1-4-20(5-2,16-27(23,24)25)21(26-3,18-14-10-7-11-15-18)19(22)17-12-8-6-9-13-17/h6-15H,4-5,16H2,1-3H3,(H2,23,24,25). The van der Waals surface area contributed by atoms with Crippen molar-refractivity contribution in [2.75, 3.05) is 13.3 Å². The number of benzene rings is 2. The van der Waals surface area contributed by atoms with Crippen LogP contribution in [0.25, 0.3) is 0 Å². The van der Waals surface area contributed by atoms with Crippen LogP contribution in [-0.2, 0) is 14.9 Å². The maximum Gasteiger partial charge on any atom is 0.326 e. The molecule has 0 aliphatic carbocycles. The molecule has 0 aromatic heterocycles. The molecule has 0 aliphatic heterocycles.